The Morgan fingerprint density at radius 1 is 0.574 bits per heavy atom. The average Bonchev–Trinajstić information content (AvgIpc) is 3.30. The van der Waals surface area contributed by atoms with E-state index in [-0.39, 0.29) is 13.0 Å². The monoisotopic (exact) mass is 713 g/mol. The highest BCUT2D eigenvalue weighted by molar-refractivity contribution is 7.79. The molecular formula is C23H47N5O18S. The topological polar surface area (TPSA) is 422 Å². The van der Waals surface area contributed by atoms with E-state index >= 15 is 0 Å². The predicted octanol–water partition coefficient (Wildman–Crippen LogP) is -9.51. The van der Waals surface area contributed by atoms with Crippen LogP contribution in [0, 0.1) is 0 Å². The fourth-order valence-corrected chi connectivity index (χ4v) is 5.70. The third-order valence-electron chi connectivity index (χ3n) is 8.32. The van der Waals surface area contributed by atoms with Crippen LogP contribution in [0.2, 0.25) is 0 Å². The van der Waals surface area contributed by atoms with Gasteiger partial charge in [0, 0.05) is 18.6 Å². The molecule has 0 amide bonds. The molecule has 0 radical (unpaired) electrons. The first-order chi connectivity index (χ1) is 21.8. The maximum absolute atomic E-state index is 11.1. The molecule has 4 aliphatic rings. The number of aliphatic hydroxyl groups is 8. The summed E-state index contributed by atoms with van der Waals surface area (Å²) < 4.78 is 66.0. The van der Waals surface area contributed by atoms with Gasteiger partial charge < -0.3 is 97.9 Å². The molecule has 0 aromatic heterocycles. The molecule has 23 nitrogen and oxygen atoms in total. The lowest BCUT2D eigenvalue weighted by Gasteiger charge is -2.47. The maximum atomic E-state index is 11.1. The van der Waals surface area contributed by atoms with Gasteiger partial charge in [-0.05, 0) is 6.42 Å². The summed E-state index contributed by atoms with van der Waals surface area (Å²) >= 11 is 0. The Morgan fingerprint density at radius 3 is 1.49 bits per heavy atom. The van der Waals surface area contributed by atoms with Crippen LogP contribution in [0.4, 0.5) is 0 Å². The molecule has 0 aromatic carbocycles. The summed E-state index contributed by atoms with van der Waals surface area (Å²) in [7, 11) is -4.67. The number of hydrogen-bond donors (Lipinski definition) is 15. The molecule has 24 heteroatoms. The number of ether oxygens (including phenoxy) is 6. The highest BCUT2D eigenvalue weighted by Gasteiger charge is 2.54. The van der Waals surface area contributed by atoms with Crippen LogP contribution in [0.15, 0.2) is 0 Å². The number of aliphatic hydroxyl groups excluding tert-OH is 8. The molecule has 0 spiro atoms. The molecule has 1 saturated carbocycles. The number of rotatable bonds is 9. The van der Waals surface area contributed by atoms with Crippen LogP contribution in [0.5, 0.6) is 0 Å². The Hall–Kier alpha value is -0.890. The molecule has 3 heterocycles. The molecule has 7 unspecified atom stereocenters. The molecule has 47 heavy (non-hydrogen) atoms. The van der Waals surface area contributed by atoms with Gasteiger partial charge >= 0.3 is 10.4 Å². The van der Waals surface area contributed by atoms with Crippen molar-refractivity contribution in [1.29, 1.82) is 0 Å². The SMILES string of the molecule is NCC1O[C@@H](OC2[C@@H](CO)O[C@@H](OC3[C@H](O[C@H]4OC(CO)[C@@H](O)C(O)[C@@H]4N)C(N)C[C@@H](N)[C@H]3O)[C@H]2O)[C@@H](N)C(O)[C@@H]1O.O=S(=O)(O)O. The lowest BCUT2D eigenvalue weighted by atomic mass is 9.84. The van der Waals surface area contributed by atoms with Crippen LogP contribution in [-0.4, -0.2) is 194 Å². The summed E-state index contributed by atoms with van der Waals surface area (Å²) in [6, 6.07) is -4.30. The fourth-order valence-electron chi connectivity index (χ4n) is 5.70. The van der Waals surface area contributed by atoms with Crippen molar-refractivity contribution in [3.8, 4) is 0 Å². The highest BCUT2D eigenvalue weighted by atomic mass is 32.3. The van der Waals surface area contributed by atoms with E-state index in [4.69, 9.17) is 74.6 Å². The van der Waals surface area contributed by atoms with Gasteiger partial charge in [-0.15, -0.1) is 0 Å². The first kappa shape index (κ1) is 40.5. The summed E-state index contributed by atoms with van der Waals surface area (Å²) in [5.41, 5.74) is 29.9. The van der Waals surface area contributed by atoms with Gasteiger partial charge in [0.25, 0.3) is 0 Å². The maximum Gasteiger partial charge on any atom is 0.394 e. The minimum Gasteiger partial charge on any atom is -0.394 e. The normalized spacial score (nSPS) is 49.3. The van der Waals surface area contributed by atoms with Crippen molar-refractivity contribution in [2.45, 2.75) is 123 Å². The molecule has 278 valence electrons. The molecule has 20 N–H and O–H groups in total. The smallest absolute Gasteiger partial charge is 0.394 e. The van der Waals surface area contributed by atoms with Gasteiger partial charge in [0.1, 0.15) is 67.1 Å². The summed E-state index contributed by atoms with van der Waals surface area (Å²) in [4.78, 5) is 0. The van der Waals surface area contributed by atoms with Gasteiger partial charge in [-0.1, -0.05) is 0 Å². The lowest BCUT2D eigenvalue weighted by molar-refractivity contribution is -0.310. The van der Waals surface area contributed by atoms with Gasteiger partial charge in [-0.25, -0.2) is 0 Å². The molecule has 4 rings (SSSR count). The van der Waals surface area contributed by atoms with E-state index in [2.05, 4.69) is 0 Å². The quantitative estimate of drug-likeness (QED) is 0.0986. The zero-order valence-electron chi connectivity index (χ0n) is 24.8. The zero-order chi connectivity index (χ0) is 35.5. The van der Waals surface area contributed by atoms with Crippen molar-refractivity contribution < 1.29 is 86.8 Å². The third kappa shape index (κ3) is 9.67. The van der Waals surface area contributed by atoms with E-state index in [1.165, 1.54) is 0 Å². The number of hydrogen-bond acceptors (Lipinski definition) is 21. The molecule has 0 aromatic rings. The molecule has 4 fully saturated rings. The van der Waals surface area contributed by atoms with Crippen molar-refractivity contribution in [2.24, 2.45) is 28.7 Å². The second-order valence-electron chi connectivity index (χ2n) is 11.6. The summed E-state index contributed by atoms with van der Waals surface area (Å²) in [6.45, 7) is -1.49. The summed E-state index contributed by atoms with van der Waals surface area (Å²) in [5, 5.41) is 82.3. The minimum atomic E-state index is -4.67. The van der Waals surface area contributed by atoms with Gasteiger partial charge in [-0.3, -0.25) is 9.11 Å². The second kappa shape index (κ2) is 16.9. The van der Waals surface area contributed by atoms with Gasteiger partial charge in [0.15, 0.2) is 18.9 Å². The van der Waals surface area contributed by atoms with Crippen molar-refractivity contribution in [3.05, 3.63) is 0 Å². The van der Waals surface area contributed by atoms with Gasteiger partial charge in [0.05, 0.1) is 31.4 Å². The van der Waals surface area contributed by atoms with E-state index < -0.39 is 140 Å². The van der Waals surface area contributed by atoms with Crippen molar-refractivity contribution in [2.75, 3.05) is 19.8 Å². The van der Waals surface area contributed by atoms with Gasteiger partial charge in [-0.2, -0.15) is 8.42 Å². The Bertz CT molecular complexity index is 1070. The Kier molecular flexibility index (Phi) is 14.6. The molecule has 3 saturated heterocycles. The minimum absolute atomic E-state index is 0.0642. The molecule has 3 aliphatic heterocycles. The third-order valence-corrected chi connectivity index (χ3v) is 8.32. The van der Waals surface area contributed by atoms with E-state index in [0.29, 0.717) is 0 Å². The lowest BCUT2D eigenvalue weighted by Crippen LogP contribution is -2.68. The Morgan fingerprint density at radius 2 is 1.00 bits per heavy atom. The summed E-state index contributed by atoms with van der Waals surface area (Å²) in [6.07, 6.45) is -20.5. The highest BCUT2D eigenvalue weighted by Crippen LogP contribution is 2.34. The van der Waals surface area contributed by atoms with Crippen LogP contribution in [0.1, 0.15) is 6.42 Å². The molecular weight excluding hydrogens is 666 g/mol. The Balaban J connectivity index is 0.00000111. The van der Waals surface area contributed by atoms with E-state index in [0.717, 1.165) is 0 Å². The van der Waals surface area contributed by atoms with Crippen LogP contribution < -0.4 is 28.7 Å². The van der Waals surface area contributed by atoms with Crippen LogP contribution in [0.25, 0.3) is 0 Å². The first-order valence-corrected chi connectivity index (χ1v) is 15.9. The zero-order valence-corrected chi connectivity index (χ0v) is 25.6. The standard InChI is InChI=1S/C23H45N5O14.H2O4S/c24-2-7-13(32)15(34)10(27)21(37-7)41-19-9(4-30)39-23(17(19)36)42-20-12(31)5(25)1-6(26)18(20)40-22-11(28)16(35)14(33)8(3-29)38-22;1-5(2,3)4/h5-23,29-36H,1-4,24-28H2;(H2,1,2,3,4)/t5-,6?,7?,8?,9-,10+,11+,12-,13-,14-,15?,16?,17+,18-,19?,20?,21+,22-,23+;/m1./s1. The van der Waals surface area contributed by atoms with Crippen molar-refractivity contribution in [3.63, 3.8) is 0 Å². The van der Waals surface area contributed by atoms with E-state index in [9.17, 15) is 40.9 Å². The van der Waals surface area contributed by atoms with Gasteiger partial charge in [0.2, 0.25) is 0 Å². The van der Waals surface area contributed by atoms with Crippen molar-refractivity contribution in [1.82, 2.24) is 0 Å². The largest absolute Gasteiger partial charge is 0.394 e. The van der Waals surface area contributed by atoms with E-state index in [1.807, 2.05) is 0 Å². The summed E-state index contributed by atoms with van der Waals surface area (Å²) in [5.74, 6) is 0. The number of nitrogens with two attached hydrogens (primary N) is 5. The molecule has 0 bridgehead atoms. The van der Waals surface area contributed by atoms with E-state index in [1.54, 1.807) is 0 Å². The van der Waals surface area contributed by atoms with Crippen LogP contribution >= 0.6 is 0 Å². The molecule has 19 atom stereocenters. The predicted molar refractivity (Wildman–Crippen MR) is 151 cm³/mol. The average molecular weight is 714 g/mol. The van der Waals surface area contributed by atoms with Crippen LogP contribution in [0.3, 0.4) is 0 Å². The fraction of sp³-hybridized carbons (Fsp3) is 1.00. The first-order valence-electron chi connectivity index (χ1n) is 14.5. The molecule has 1 aliphatic carbocycles. The van der Waals surface area contributed by atoms with Crippen LogP contribution in [-0.2, 0) is 38.8 Å². The van der Waals surface area contributed by atoms with Crippen molar-refractivity contribution >= 4 is 10.4 Å². The Labute approximate surface area is 268 Å². The second-order valence-corrected chi connectivity index (χ2v) is 12.5.